The quantitative estimate of drug-likeness (QED) is 0.724. The molecule has 0 unspecified atom stereocenters. The summed E-state index contributed by atoms with van der Waals surface area (Å²) in [5.41, 5.74) is 0.0643. The molecule has 0 aromatic carbocycles. The molecule has 0 aliphatic rings. The molecule has 0 radical (unpaired) electrons. The van der Waals surface area contributed by atoms with Gasteiger partial charge in [0.25, 0.3) is 0 Å². The Morgan fingerprint density at radius 3 is 2.58 bits per heavy atom. The fourth-order valence-electron chi connectivity index (χ4n) is 0.751. The molecule has 0 fully saturated rings. The summed E-state index contributed by atoms with van der Waals surface area (Å²) in [7, 11) is 0. The average Bonchev–Trinajstić information content (AvgIpc) is 1.82. The summed E-state index contributed by atoms with van der Waals surface area (Å²) in [6.45, 7) is 0. The first-order valence-corrected chi connectivity index (χ1v) is 4.22. The summed E-state index contributed by atoms with van der Waals surface area (Å²) in [5.74, 6) is 0. The molecule has 5 heteroatoms. The summed E-state index contributed by atoms with van der Waals surface area (Å²) >= 11 is 1.95. The van der Waals surface area contributed by atoms with Gasteiger partial charge in [-0.3, -0.25) is 4.98 Å². The third kappa shape index (κ3) is 3.38. The van der Waals surface area contributed by atoms with Gasteiger partial charge in [-0.2, -0.15) is 13.2 Å². The highest BCUT2D eigenvalue weighted by Crippen LogP contribution is 2.20. The number of halogens is 4. The van der Waals surface area contributed by atoms with Crippen LogP contribution in [0.3, 0.4) is 0 Å². The Morgan fingerprint density at radius 1 is 1.42 bits per heavy atom. The van der Waals surface area contributed by atoms with Crippen molar-refractivity contribution in [2.45, 2.75) is 12.6 Å². The first kappa shape index (κ1) is 9.76. The lowest BCUT2D eigenvalue weighted by Gasteiger charge is -2.04. The zero-order valence-corrected chi connectivity index (χ0v) is 8.06. The van der Waals surface area contributed by atoms with E-state index >= 15 is 0 Å². The largest absolute Gasteiger partial charge is 0.394 e. The third-order valence-electron chi connectivity index (χ3n) is 1.16. The van der Waals surface area contributed by atoms with Crippen molar-refractivity contribution >= 4 is 22.6 Å². The Hall–Kier alpha value is -0.330. The second-order valence-electron chi connectivity index (χ2n) is 2.26. The van der Waals surface area contributed by atoms with Crippen molar-refractivity contribution in [1.29, 1.82) is 0 Å². The number of pyridine rings is 1. The Labute approximate surface area is 81.1 Å². The van der Waals surface area contributed by atoms with Crippen LogP contribution in [0, 0.1) is 3.57 Å². The molecule has 1 rings (SSSR count). The fraction of sp³-hybridized carbons (Fsp3) is 0.286. The van der Waals surface area contributed by atoms with E-state index in [9.17, 15) is 13.2 Å². The van der Waals surface area contributed by atoms with Crippen molar-refractivity contribution in [3.05, 3.63) is 27.6 Å². The van der Waals surface area contributed by atoms with Crippen molar-refractivity contribution in [1.82, 2.24) is 4.98 Å². The lowest BCUT2D eigenvalue weighted by molar-refractivity contribution is -0.127. The van der Waals surface area contributed by atoms with Gasteiger partial charge in [0.05, 0.1) is 12.1 Å². The molecule has 0 N–H and O–H groups in total. The van der Waals surface area contributed by atoms with Gasteiger partial charge in [0, 0.05) is 9.77 Å². The zero-order valence-electron chi connectivity index (χ0n) is 5.90. The van der Waals surface area contributed by atoms with E-state index < -0.39 is 12.6 Å². The Bertz CT molecular complexity index is 272. The van der Waals surface area contributed by atoms with Gasteiger partial charge in [-0.25, -0.2) is 0 Å². The number of hydrogen-bond donors (Lipinski definition) is 0. The van der Waals surface area contributed by atoms with Crippen molar-refractivity contribution in [2.75, 3.05) is 0 Å². The average molecular weight is 287 g/mol. The molecule has 0 aliphatic heterocycles. The highest BCUT2D eigenvalue weighted by atomic mass is 127. The Kier molecular flexibility index (Phi) is 2.92. The monoisotopic (exact) mass is 287 g/mol. The minimum absolute atomic E-state index is 0.0643. The Morgan fingerprint density at radius 2 is 2.08 bits per heavy atom. The molecule has 0 spiro atoms. The SMILES string of the molecule is FC(F)(F)Cc1cc(I)ccn1. The predicted molar refractivity (Wildman–Crippen MR) is 46.7 cm³/mol. The number of rotatable bonds is 1. The minimum atomic E-state index is -4.17. The van der Waals surface area contributed by atoms with Crippen LogP contribution in [-0.4, -0.2) is 11.2 Å². The third-order valence-corrected chi connectivity index (χ3v) is 1.83. The van der Waals surface area contributed by atoms with E-state index in [0.717, 1.165) is 3.57 Å². The topological polar surface area (TPSA) is 12.9 Å². The van der Waals surface area contributed by atoms with E-state index in [1.165, 1.54) is 12.3 Å². The summed E-state index contributed by atoms with van der Waals surface area (Å²) < 4.78 is 36.3. The predicted octanol–water partition coefficient (Wildman–Crippen LogP) is 2.79. The maximum Gasteiger partial charge on any atom is 0.394 e. The highest BCUT2D eigenvalue weighted by molar-refractivity contribution is 14.1. The molecule has 0 amide bonds. The molecule has 0 saturated carbocycles. The van der Waals surface area contributed by atoms with Crippen LogP contribution in [0.25, 0.3) is 0 Å². The van der Waals surface area contributed by atoms with Crippen LogP contribution in [-0.2, 0) is 6.42 Å². The molecule has 0 bridgehead atoms. The van der Waals surface area contributed by atoms with E-state index in [-0.39, 0.29) is 5.69 Å². The van der Waals surface area contributed by atoms with Gasteiger partial charge in [-0.1, -0.05) is 0 Å². The van der Waals surface area contributed by atoms with Crippen LogP contribution in [0.2, 0.25) is 0 Å². The second-order valence-corrected chi connectivity index (χ2v) is 3.50. The zero-order chi connectivity index (χ0) is 9.19. The van der Waals surface area contributed by atoms with Gasteiger partial charge < -0.3 is 0 Å². The van der Waals surface area contributed by atoms with Crippen LogP contribution in [0.4, 0.5) is 13.2 Å². The maximum atomic E-state index is 11.8. The molecule has 0 aliphatic carbocycles. The standard InChI is InChI=1S/C7H5F3IN/c8-7(9,10)4-6-3-5(11)1-2-12-6/h1-3H,4H2. The maximum absolute atomic E-state index is 11.8. The lowest BCUT2D eigenvalue weighted by atomic mass is 10.3. The van der Waals surface area contributed by atoms with Crippen molar-refractivity contribution in [3.63, 3.8) is 0 Å². The van der Waals surface area contributed by atoms with Crippen LogP contribution in [0.1, 0.15) is 5.69 Å². The van der Waals surface area contributed by atoms with E-state index in [1.54, 1.807) is 6.07 Å². The molecule has 0 saturated heterocycles. The first-order valence-electron chi connectivity index (χ1n) is 3.14. The molecule has 1 heterocycles. The molecule has 1 nitrogen and oxygen atoms in total. The molecular weight excluding hydrogens is 282 g/mol. The van der Waals surface area contributed by atoms with Crippen LogP contribution < -0.4 is 0 Å². The van der Waals surface area contributed by atoms with E-state index in [4.69, 9.17) is 0 Å². The lowest BCUT2D eigenvalue weighted by Crippen LogP contribution is -2.12. The van der Waals surface area contributed by atoms with Gasteiger partial charge in [0.15, 0.2) is 0 Å². The van der Waals surface area contributed by atoms with Crippen molar-refractivity contribution < 1.29 is 13.2 Å². The fourth-order valence-corrected chi connectivity index (χ4v) is 1.27. The van der Waals surface area contributed by atoms with Crippen LogP contribution >= 0.6 is 22.6 Å². The Balaban J connectivity index is 2.77. The smallest absolute Gasteiger partial charge is 0.261 e. The first-order chi connectivity index (χ1) is 5.47. The summed E-state index contributed by atoms with van der Waals surface area (Å²) in [4.78, 5) is 3.60. The molecule has 12 heavy (non-hydrogen) atoms. The summed E-state index contributed by atoms with van der Waals surface area (Å²) in [5, 5.41) is 0. The van der Waals surface area contributed by atoms with Crippen molar-refractivity contribution in [3.8, 4) is 0 Å². The number of aromatic nitrogens is 1. The molecular formula is C7H5F3IN. The number of nitrogens with zero attached hydrogens (tertiary/aromatic N) is 1. The van der Waals surface area contributed by atoms with Gasteiger partial charge in [-0.05, 0) is 34.7 Å². The number of alkyl halides is 3. The van der Waals surface area contributed by atoms with Gasteiger partial charge in [-0.15, -0.1) is 0 Å². The summed E-state index contributed by atoms with van der Waals surface area (Å²) in [6, 6.07) is 3.08. The van der Waals surface area contributed by atoms with Gasteiger partial charge in [0.2, 0.25) is 0 Å². The molecule has 1 aromatic heterocycles. The van der Waals surface area contributed by atoms with Crippen LogP contribution in [0.15, 0.2) is 18.3 Å². The van der Waals surface area contributed by atoms with Crippen LogP contribution in [0.5, 0.6) is 0 Å². The highest BCUT2D eigenvalue weighted by Gasteiger charge is 2.28. The molecule has 66 valence electrons. The molecule has 1 aromatic rings. The van der Waals surface area contributed by atoms with E-state index in [1.807, 2.05) is 22.6 Å². The van der Waals surface area contributed by atoms with Crippen molar-refractivity contribution in [2.24, 2.45) is 0 Å². The minimum Gasteiger partial charge on any atom is -0.261 e. The second kappa shape index (κ2) is 3.59. The molecule has 0 atom stereocenters. The summed E-state index contributed by atoms with van der Waals surface area (Å²) in [6.07, 6.45) is -3.75. The van der Waals surface area contributed by atoms with Gasteiger partial charge >= 0.3 is 6.18 Å². The van der Waals surface area contributed by atoms with E-state index in [2.05, 4.69) is 4.98 Å². The normalized spacial score (nSPS) is 11.7. The van der Waals surface area contributed by atoms with E-state index in [0.29, 0.717) is 0 Å². The van der Waals surface area contributed by atoms with Gasteiger partial charge in [0.1, 0.15) is 0 Å². The number of hydrogen-bond acceptors (Lipinski definition) is 1.